The van der Waals surface area contributed by atoms with Crippen LogP contribution in [0.5, 0.6) is 0 Å². The number of rotatable bonds is 1. The second-order valence-electron chi connectivity index (χ2n) is 2.15. The average Bonchev–Trinajstić information content (AvgIpc) is 2.31. The fraction of sp³-hybridized carbons (Fsp3) is 0.286. The van der Waals surface area contributed by atoms with Gasteiger partial charge < -0.3 is 9.30 Å². The van der Waals surface area contributed by atoms with Gasteiger partial charge >= 0.3 is 5.97 Å². The van der Waals surface area contributed by atoms with Crippen LogP contribution < -0.4 is 0 Å². The molecule has 0 atom stereocenters. The highest BCUT2D eigenvalue weighted by Crippen LogP contribution is 2.13. The van der Waals surface area contributed by atoms with Crippen LogP contribution in [0.15, 0.2) is 16.9 Å². The predicted octanol–water partition coefficient (Wildman–Crippen LogP) is 1.57. The van der Waals surface area contributed by atoms with Gasteiger partial charge in [-0.3, -0.25) is 0 Å². The Bertz CT molecular complexity index is 260. The van der Waals surface area contributed by atoms with Gasteiger partial charge in [0.2, 0.25) is 0 Å². The van der Waals surface area contributed by atoms with E-state index < -0.39 is 0 Å². The van der Waals surface area contributed by atoms with Gasteiger partial charge in [-0.15, -0.1) is 0 Å². The van der Waals surface area contributed by atoms with E-state index in [-0.39, 0.29) is 5.97 Å². The molecular weight excluding hydrogens is 210 g/mol. The van der Waals surface area contributed by atoms with Gasteiger partial charge in [-0.25, -0.2) is 4.79 Å². The maximum absolute atomic E-state index is 10.9. The van der Waals surface area contributed by atoms with Crippen molar-refractivity contribution in [2.45, 2.75) is 0 Å². The first-order valence-corrected chi connectivity index (χ1v) is 3.84. The SMILES string of the molecule is COC(=O)c1cc(Br)n(C)c1. The summed E-state index contributed by atoms with van der Waals surface area (Å²) in [4.78, 5) is 10.9. The zero-order valence-electron chi connectivity index (χ0n) is 6.30. The molecule has 1 rings (SSSR count). The van der Waals surface area contributed by atoms with Crippen molar-refractivity contribution in [3.63, 3.8) is 0 Å². The normalized spacial score (nSPS) is 9.73. The molecule has 0 amide bonds. The molecule has 60 valence electrons. The third-order valence-electron chi connectivity index (χ3n) is 1.37. The lowest BCUT2D eigenvalue weighted by Gasteiger charge is -1.91. The molecule has 4 heteroatoms. The Kier molecular flexibility index (Phi) is 2.34. The molecule has 0 aliphatic carbocycles. The average molecular weight is 218 g/mol. The molecule has 3 nitrogen and oxygen atoms in total. The van der Waals surface area contributed by atoms with E-state index in [0.29, 0.717) is 5.56 Å². The van der Waals surface area contributed by atoms with E-state index in [9.17, 15) is 4.79 Å². The molecule has 0 aliphatic heterocycles. The molecule has 0 bridgehead atoms. The van der Waals surface area contributed by atoms with E-state index in [0.717, 1.165) is 4.60 Å². The number of ether oxygens (including phenoxy) is 1. The Labute approximate surface area is 73.1 Å². The molecule has 1 aromatic heterocycles. The molecular formula is C7H8BrNO2. The van der Waals surface area contributed by atoms with Crippen LogP contribution in [0.4, 0.5) is 0 Å². The number of carbonyl (C=O) groups excluding carboxylic acids is 1. The maximum atomic E-state index is 10.9. The van der Waals surface area contributed by atoms with Crippen molar-refractivity contribution < 1.29 is 9.53 Å². The van der Waals surface area contributed by atoms with Crippen molar-refractivity contribution in [2.75, 3.05) is 7.11 Å². The second kappa shape index (κ2) is 3.09. The van der Waals surface area contributed by atoms with Crippen LogP contribution in [0.2, 0.25) is 0 Å². The number of hydrogen-bond acceptors (Lipinski definition) is 2. The predicted molar refractivity (Wildman–Crippen MR) is 44.5 cm³/mol. The lowest BCUT2D eigenvalue weighted by atomic mass is 10.3. The number of esters is 1. The first-order chi connectivity index (χ1) is 5.15. The molecule has 1 heterocycles. The second-order valence-corrected chi connectivity index (χ2v) is 2.97. The smallest absolute Gasteiger partial charge is 0.339 e. The number of hydrogen-bond donors (Lipinski definition) is 0. The maximum Gasteiger partial charge on any atom is 0.339 e. The Balaban J connectivity index is 2.97. The van der Waals surface area contributed by atoms with Crippen LogP contribution >= 0.6 is 15.9 Å². The van der Waals surface area contributed by atoms with E-state index in [1.807, 2.05) is 7.05 Å². The summed E-state index contributed by atoms with van der Waals surface area (Å²) in [6, 6.07) is 1.71. The van der Waals surface area contributed by atoms with Crippen molar-refractivity contribution in [3.8, 4) is 0 Å². The van der Waals surface area contributed by atoms with E-state index in [2.05, 4.69) is 20.7 Å². The lowest BCUT2D eigenvalue weighted by Crippen LogP contribution is -1.98. The first kappa shape index (κ1) is 8.33. The molecule has 0 aromatic carbocycles. The van der Waals surface area contributed by atoms with Crippen LogP contribution in [0, 0.1) is 0 Å². The molecule has 0 fully saturated rings. The Hall–Kier alpha value is -0.770. The van der Waals surface area contributed by atoms with E-state index in [1.54, 1.807) is 16.8 Å². The summed E-state index contributed by atoms with van der Waals surface area (Å²) in [7, 11) is 3.21. The highest BCUT2D eigenvalue weighted by molar-refractivity contribution is 9.10. The van der Waals surface area contributed by atoms with Crippen molar-refractivity contribution in [1.29, 1.82) is 0 Å². The minimum absolute atomic E-state index is 0.314. The fourth-order valence-corrected chi connectivity index (χ4v) is 1.12. The molecule has 0 radical (unpaired) electrons. The number of nitrogens with zero attached hydrogens (tertiary/aromatic N) is 1. The third-order valence-corrected chi connectivity index (χ3v) is 2.15. The van der Waals surface area contributed by atoms with Crippen LogP contribution in [-0.2, 0) is 11.8 Å². The Morgan fingerprint density at radius 1 is 1.73 bits per heavy atom. The zero-order chi connectivity index (χ0) is 8.43. The molecule has 0 N–H and O–H groups in total. The van der Waals surface area contributed by atoms with Crippen LogP contribution in [0.3, 0.4) is 0 Å². The van der Waals surface area contributed by atoms with E-state index in [4.69, 9.17) is 0 Å². The minimum Gasteiger partial charge on any atom is -0.465 e. The molecule has 1 aromatic rings. The van der Waals surface area contributed by atoms with Gasteiger partial charge in [0.1, 0.15) is 0 Å². The number of aryl methyl sites for hydroxylation is 1. The third kappa shape index (κ3) is 1.63. The lowest BCUT2D eigenvalue weighted by molar-refractivity contribution is 0.0600. The summed E-state index contributed by atoms with van der Waals surface area (Å²) < 4.78 is 7.19. The monoisotopic (exact) mass is 217 g/mol. The zero-order valence-corrected chi connectivity index (χ0v) is 7.88. The summed E-state index contributed by atoms with van der Waals surface area (Å²) in [5.41, 5.74) is 0.557. The topological polar surface area (TPSA) is 31.2 Å². The van der Waals surface area contributed by atoms with Gasteiger partial charge in [-0.1, -0.05) is 0 Å². The van der Waals surface area contributed by atoms with Gasteiger partial charge in [0, 0.05) is 13.2 Å². The Morgan fingerprint density at radius 2 is 2.36 bits per heavy atom. The van der Waals surface area contributed by atoms with Gasteiger partial charge in [0.25, 0.3) is 0 Å². The summed E-state index contributed by atoms with van der Waals surface area (Å²) in [6.07, 6.45) is 1.70. The van der Waals surface area contributed by atoms with Crippen LogP contribution in [-0.4, -0.2) is 17.6 Å². The molecule has 11 heavy (non-hydrogen) atoms. The summed E-state index contributed by atoms with van der Waals surface area (Å²) >= 11 is 3.27. The number of methoxy groups -OCH3 is 1. The number of halogens is 1. The van der Waals surface area contributed by atoms with Gasteiger partial charge in [-0.2, -0.15) is 0 Å². The highest BCUT2D eigenvalue weighted by Gasteiger charge is 2.08. The van der Waals surface area contributed by atoms with Gasteiger partial charge in [0.15, 0.2) is 0 Å². The van der Waals surface area contributed by atoms with Crippen molar-refractivity contribution in [1.82, 2.24) is 4.57 Å². The van der Waals surface area contributed by atoms with Crippen molar-refractivity contribution in [3.05, 3.63) is 22.4 Å². The van der Waals surface area contributed by atoms with Crippen molar-refractivity contribution in [2.24, 2.45) is 7.05 Å². The largest absolute Gasteiger partial charge is 0.465 e. The van der Waals surface area contributed by atoms with Crippen molar-refractivity contribution >= 4 is 21.9 Å². The molecule has 0 spiro atoms. The molecule has 0 saturated carbocycles. The standard InChI is InChI=1S/C7H8BrNO2/c1-9-4-5(3-6(9)8)7(10)11-2/h3-4H,1-2H3. The van der Waals surface area contributed by atoms with Gasteiger partial charge in [-0.05, 0) is 22.0 Å². The van der Waals surface area contributed by atoms with E-state index >= 15 is 0 Å². The summed E-state index contributed by atoms with van der Waals surface area (Å²) in [5.74, 6) is -0.314. The molecule has 0 aliphatic rings. The summed E-state index contributed by atoms with van der Waals surface area (Å²) in [6.45, 7) is 0. The van der Waals surface area contributed by atoms with E-state index in [1.165, 1.54) is 7.11 Å². The minimum atomic E-state index is -0.314. The molecule has 0 unspecified atom stereocenters. The van der Waals surface area contributed by atoms with Crippen LogP contribution in [0.1, 0.15) is 10.4 Å². The fourth-order valence-electron chi connectivity index (χ4n) is 0.767. The Morgan fingerprint density at radius 3 is 2.73 bits per heavy atom. The first-order valence-electron chi connectivity index (χ1n) is 3.05. The number of carbonyl (C=O) groups is 1. The van der Waals surface area contributed by atoms with Crippen LogP contribution in [0.25, 0.3) is 0 Å². The van der Waals surface area contributed by atoms with Gasteiger partial charge in [0.05, 0.1) is 17.3 Å². The number of aromatic nitrogens is 1. The quantitative estimate of drug-likeness (QED) is 0.670. The highest BCUT2D eigenvalue weighted by atomic mass is 79.9. The molecule has 0 saturated heterocycles. The summed E-state index contributed by atoms with van der Waals surface area (Å²) in [5, 5.41) is 0.